The second-order valence-electron chi connectivity index (χ2n) is 8.35. The van der Waals surface area contributed by atoms with E-state index in [9.17, 15) is 25.1 Å². The van der Waals surface area contributed by atoms with E-state index < -0.39 is 22.1 Å². The van der Waals surface area contributed by atoms with Gasteiger partial charge in [-0.3, -0.25) is 14.9 Å². The molecule has 0 aliphatic heterocycles. The van der Waals surface area contributed by atoms with Crippen LogP contribution >= 0.6 is 0 Å². The normalized spacial score (nSPS) is 11.1. The number of nitrogens with zero attached hydrogens (tertiary/aromatic N) is 1. The predicted molar refractivity (Wildman–Crippen MR) is 124 cm³/mol. The van der Waals surface area contributed by atoms with Crippen LogP contribution in [0.25, 0.3) is 10.8 Å². The van der Waals surface area contributed by atoms with Crippen LogP contribution in [-0.4, -0.2) is 20.9 Å². The number of hydrogen-bond acceptors (Lipinski definition) is 5. The van der Waals surface area contributed by atoms with Gasteiger partial charge in [-0.15, -0.1) is 0 Å². The molecule has 0 saturated carbocycles. The fourth-order valence-electron chi connectivity index (χ4n) is 3.99. The van der Waals surface area contributed by atoms with E-state index in [-0.39, 0.29) is 11.2 Å². The molecule has 0 heterocycles. The van der Waals surface area contributed by atoms with Gasteiger partial charge in [-0.05, 0) is 30.0 Å². The zero-order chi connectivity index (χ0) is 22.6. The van der Waals surface area contributed by atoms with Crippen molar-refractivity contribution in [1.82, 2.24) is 0 Å². The summed E-state index contributed by atoms with van der Waals surface area (Å²) in [6, 6.07) is 5.80. The number of nitro benzene ring substituents is 1. The summed E-state index contributed by atoms with van der Waals surface area (Å²) in [4.78, 5) is 23.0. The quantitative estimate of drug-likeness (QED) is 0.101. The molecule has 2 aromatic carbocycles. The molecule has 0 spiro atoms. The number of aromatic hydroxyl groups is 2. The zero-order valence-electron chi connectivity index (χ0n) is 18.6. The maximum absolute atomic E-state index is 12.5. The summed E-state index contributed by atoms with van der Waals surface area (Å²) >= 11 is 0. The number of phenols is 2. The molecule has 2 aromatic rings. The van der Waals surface area contributed by atoms with Crippen LogP contribution in [0.3, 0.4) is 0 Å². The van der Waals surface area contributed by atoms with Gasteiger partial charge >= 0.3 is 5.69 Å². The highest BCUT2D eigenvalue weighted by Crippen LogP contribution is 2.41. The number of fused-ring (bicyclic) bond motifs is 1. The molecule has 31 heavy (non-hydrogen) atoms. The molecule has 0 aromatic heterocycles. The Kier molecular flexibility index (Phi) is 10.3. The Morgan fingerprint density at radius 1 is 0.871 bits per heavy atom. The number of carbonyl (C=O) groups is 1. The monoisotopic (exact) mass is 429 g/mol. The molecule has 0 aliphatic carbocycles. The minimum Gasteiger partial charge on any atom is -0.504 e. The fourth-order valence-corrected chi connectivity index (χ4v) is 3.99. The smallest absolute Gasteiger partial charge is 0.322 e. The van der Waals surface area contributed by atoms with Crippen LogP contribution in [0, 0.1) is 10.1 Å². The predicted octanol–water partition coefficient (Wildman–Crippen LogP) is 7.43. The van der Waals surface area contributed by atoms with Crippen LogP contribution in [0.4, 0.5) is 5.69 Å². The zero-order valence-corrected chi connectivity index (χ0v) is 18.6. The molecule has 6 heteroatoms. The van der Waals surface area contributed by atoms with Crippen molar-refractivity contribution in [2.45, 2.75) is 90.4 Å². The molecule has 0 aliphatic rings. The maximum Gasteiger partial charge on any atom is 0.322 e. The molecular formula is C25H35NO5. The maximum atomic E-state index is 12.5. The largest absolute Gasteiger partial charge is 0.504 e. The third-order valence-electron chi connectivity index (χ3n) is 5.83. The summed E-state index contributed by atoms with van der Waals surface area (Å²) in [5.41, 5.74) is -0.0788. The second-order valence-corrected chi connectivity index (χ2v) is 8.35. The molecule has 0 fully saturated rings. The van der Waals surface area contributed by atoms with Crippen molar-refractivity contribution in [3.05, 3.63) is 39.9 Å². The lowest BCUT2D eigenvalue weighted by Crippen LogP contribution is -1.99. The number of Topliss-reactive ketones (excluding diaryl/α,β-unsaturated/α-hetero) is 1. The lowest BCUT2D eigenvalue weighted by molar-refractivity contribution is -0.384. The van der Waals surface area contributed by atoms with Crippen LogP contribution in [0.2, 0.25) is 0 Å². The summed E-state index contributed by atoms with van der Waals surface area (Å²) in [6.07, 6.45) is 15.3. The van der Waals surface area contributed by atoms with Gasteiger partial charge in [-0.25, -0.2) is 0 Å². The average molecular weight is 430 g/mol. The van der Waals surface area contributed by atoms with Gasteiger partial charge in [0, 0.05) is 12.0 Å². The summed E-state index contributed by atoms with van der Waals surface area (Å²) in [6.45, 7) is 2.24. The minimum absolute atomic E-state index is 0.0100. The summed E-state index contributed by atoms with van der Waals surface area (Å²) < 4.78 is 0. The molecule has 0 bridgehead atoms. The number of carbonyl (C=O) groups excluding carboxylic acids is 1. The number of rotatable bonds is 15. The van der Waals surface area contributed by atoms with Crippen molar-refractivity contribution in [1.29, 1.82) is 0 Å². The minimum atomic E-state index is -0.756. The first-order chi connectivity index (χ1) is 15.0. The van der Waals surface area contributed by atoms with Gasteiger partial charge in [0.05, 0.1) is 10.3 Å². The van der Waals surface area contributed by atoms with Crippen molar-refractivity contribution in [2.75, 3.05) is 0 Å². The Hall–Kier alpha value is -2.63. The Balaban J connectivity index is 1.73. The van der Waals surface area contributed by atoms with Crippen molar-refractivity contribution < 1.29 is 19.9 Å². The number of hydrogen-bond donors (Lipinski definition) is 2. The van der Waals surface area contributed by atoms with Crippen molar-refractivity contribution in [2.24, 2.45) is 0 Å². The van der Waals surface area contributed by atoms with E-state index in [0.29, 0.717) is 17.4 Å². The van der Waals surface area contributed by atoms with Gasteiger partial charge < -0.3 is 10.2 Å². The number of nitro groups is 1. The van der Waals surface area contributed by atoms with E-state index in [2.05, 4.69) is 6.92 Å². The van der Waals surface area contributed by atoms with Crippen LogP contribution in [0.1, 0.15) is 101 Å². The van der Waals surface area contributed by atoms with Crippen molar-refractivity contribution in [3.8, 4) is 11.5 Å². The van der Waals surface area contributed by atoms with E-state index in [4.69, 9.17) is 0 Å². The van der Waals surface area contributed by atoms with Gasteiger partial charge in [0.25, 0.3) is 0 Å². The molecule has 2 rings (SSSR count). The molecule has 0 radical (unpaired) electrons. The topological polar surface area (TPSA) is 101 Å². The molecule has 170 valence electrons. The Labute approximate surface area is 184 Å². The van der Waals surface area contributed by atoms with Gasteiger partial charge in [0.1, 0.15) is 0 Å². The molecule has 2 N–H and O–H groups in total. The highest BCUT2D eigenvalue weighted by atomic mass is 16.6. The van der Waals surface area contributed by atoms with E-state index in [1.165, 1.54) is 69.9 Å². The summed E-state index contributed by atoms with van der Waals surface area (Å²) in [5, 5.41) is 31.3. The van der Waals surface area contributed by atoms with Crippen LogP contribution in [0.5, 0.6) is 11.5 Å². The highest BCUT2D eigenvalue weighted by molar-refractivity contribution is 6.03. The second kappa shape index (κ2) is 12.9. The summed E-state index contributed by atoms with van der Waals surface area (Å²) in [5.74, 6) is -1.33. The van der Waals surface area contributed by atoms with E-state index in [1.54, 1.807) is 12.1 Å². The SMILES string of the molecule is CCCCCCCCCCCCCCC(=O)c1ccc2c([N+](=O)[O-])c(O)c(O)cc2c1. The molecule has 6 nitrogen and oxygen atoms in total. The lowest BCUT2D eigenvalue weighted by atomic mass is 9.99. The molecule has 0 unspecified atom stereocenters. The van der Waals surface area contributed by atoms with Gasteiger partial charge in [0.15, 0.2) is 11.5 Å². The van der Waals surface area contributed by atoms with Crippen LogP contribution in [-0.2, 0) is 0 Å². The lowest BCUT2D eigenvalue weighted by Gasteiger charge is -2.07. The first kappa shape index (κ1) is 24.6. The molecule has 0 amide bonds. The van der Waals surface area contributed by atoms with Crippen LogP contribution < -0.4 is 0 Å². The molecule has 0 atom stereocenters. The number of phenolic OH excluding ortho intramolecular Hbond substituents is 2. The average Bonchev–Trinajstić information content (AvgIpc) is 2.74. The first-order valence-electron chi connectivity index (χ1n) is 11.6. The highest BCUT2D eigenvalue weighted by Gasteiger charge is 2.22. The van der Waals surface area contributed by atoms with Crippen molar-refractivity contribution >= 4 is 22.2 Å². The van der Waals surface area contributed by atoms with Gasteiger partial charge in [-0.1, -0.05) is 83.6 Å². The standard InChI is InChI=1S/C25H35NO5/c1-2-3-4-5-6-7-8-9-10-11-12-13-14-22(27)19-15-16-21-20(17-19)18-23(28)25(29)24(21)26(30)31/h15-18,28-29H,2-14H2,1H3. The van der Waals surface area contributed by atoms with Crippen LogP contribution in [0.15, 0.2) is 24.3 Å². The number of ketones is 1. The van der Waals surface area contributed by atoms with E-state index >= 15 is 0 Å². The third-order valence-corrected chi connectivity index (χ3v) is 5.83. The van der Waals surface area contributed by atoms with E-state index in [0.717, 1.165) is 19.3 Å². The number of benzene rings is 2. The van der Waals surface area contributed by atoms with Gasteiger partial charge in [-0.2, -0.15) is 0 Å². The third kappa shape index (κ3) is 7.53. The molecule has 0 saturated heterocycles. The Morgan fingerprint density at radius 2 is 1.42 bits per heavy atom. The van der Waals surface area contributed by atoms with Crippen molar-refractivity contribution in [3.63, 3.8) is 0 Å². The summed E-state index contributed by atoms with van der Waals surface area (Å²) in [7, 11) is 0. The Morgan fingerprint density at radius 3 is 1.97 bits per heavy atom. The van der Waals surface area contributed by atoms with E-state index in [1.807, 2.05) is 0 Å². The Bertz CT molecular complexity index is 878. The first-order valence-corrected chi connectivity index (χ1v) is 11.6. The molecular weight excluding hydrogens is 394 g/mol. The fraction of sp³-hybridized carbons (Fsp3) is 0.560. The van der Waals surface area contributed by atoms with Gasteiger partial charge in [0.2, 0.25) is 5.75 Å². The number of unbranched alkanes of at least 4 members (excludes halogenated alkanes) is 11.